The first kappa shape index (κ1) is 19.5. The number of hydrogen-bond donors (Lipinski definition) is 2. The summed E-state index contributed by atoms with van der Waals surface area (Å²) in [5.41, 5.74) is 0.819. The maximum Gasteiger partial charge on any atom is 0.274 e. The standard InChI is InChI=1S/C18H25N5O3/c1-12-20-15(11-17(21-12)19-8-9-23(2)3)18(24)22-14-7-6-13(25-4)10-16(14)26-5/h6-7,10-11H,8-9H2,1-5H3,(H,22,24)(H,19,20,21). The van der Waals surface area contributed by atoms with E-state index in [0.717, 1.165) is 13.1 Å². The molecule has 1 aromatic heterocycles. The van der Waals surface area contributed by atoms with Crippen LogP contribution in [0.5, 0.6) is 11.5 Å². The van der Waals surface area contributed by atoms with Crippen molar-refractivity contribution in [2.24, 2.45) is 0 Å². The van der Waals surface area contributed by atoms with E-state index < -0.39 is 0 Å². The van der Waals surface area contributed by atoms with Gasteiger partial charge in [0.25, 0.3) is 5.91 Å². The molecule has 26 heavy (non-hydrogen) atoms. The van der Waals surface area contributed by atoms with Crippen molar-refractivity contribution < 1.29 is 14.3 Å². The fourth-order valence-electron chi connectivity index (χ4n) is 2.27. The molecule has 8 heteroatoms. The number of aromatic nitrogens is 2. The molecule has 140 valence electrons. The maximum absolute atomic E-state index is 12.6. The first-order valence-corrected chi connectivity index (χ1v) is 8.20. The average Bonchev–Trinajstić information content (AvgIpc) is 2.61. The second-order valence-corrected chi connectivity index (χ2v) is 5.94. The van der Waals surface area contributed by atoms with E-state index in [1.54, 1.807) is 38.3 Å². The van der Waals surface area contributed by atoms with E-state index in [-0.39, 0.29) is 11.6 Å². The summed E-state index contributed by atoms with van der Waals surface area (Å²) in [6.45, 7) is 3.33. The quantitative estimate of drug-likeness (QED) is 0.745. The molecule has 0 fully saturated rings. The van der Waals surface area contributed by atoms with E-state index in [0.29, 0.717) is 28.8 Å². The minimum absolute atomic E-state index is 0.280. The Morgan fingerprint density at radius 3 is 2.58 bits per heavy atom. The Labute approximate surface area is 153 Å². The molecule has 0 atom stereocenters. The molecule has 0 saturated heterocycles. The summed E-state index contributed by atoms with van der Waals surface area (Å²) < 4.78 is 10.5. The fourth-order valence-corrected chi connectivity index (χ4v) is 2.27. The van der Waals surface area contributed by atoms with Crippen molar-refractivity contribution in [1.29, 1.82) is 0 Å². The molecule has 2 N–H and O–H groups in total. The Hall–Kier alpha value is -2.87. The first-order valence-electron chi connectivity index (χ1n) is 8.20. The van der Waals surface area contributed by atoms with E-state index in [1.807, 2.05) is 14.1 Å². The van der Waals surface area contributed by atoms with Gasteiger partial charge in [0.05, 0.1) is 19.9 Å². The van der Waals surface area contributed by atoms with Crippen molar-refractivity contribution in [3.05, 3.63) is 35.8 Å². The highest BCUT2D eigenvalue weighted by molar-refractivity contribution is 6.04. The van der Waals surface area contributed by atoms with Crippen LogP contribution in [-0.4, -0.2) is 62.2 Å². The Morgan fingerprint density at radius 2 is 1.92 bits per heavy atom. The zero-order chi connectivity index (χ0) is 19.1. The largest absolute Gasteiger partial charge is 0.497 e. The number of nitrogens with zero attached hydrogens (tertiary/aromatic N) is 3. The Kier molecular flexibility index (Phi) is 6.74. The van der Waals surface area contributed by atoms with E-state index >= 15 is 0 Å². The van der Waals surface area contributed by atoms with Gasteiger partial charge >= 0.3 is 0 Å². The summed E-state index contributed by atoms with van der Waals surface area (Å²) in [5.74, 6) is 1.95. The lowest BCUT2D eigenvalue weighted by Gasteiger charge is -2.13. The molecule has 1 aromatic carbocycles. The fraction of sp³-hybridized carbons (Fsp3) is 0.389. The molecule has 0 aliphatic carbocycles. The number of nitrogens with one attached hydrogen (secondary N) is 2. The Bertz CT molecular complexity index is 764. The molecule has 0 aliphatic rings. The SMILES string of the molecule is COc1ccc(NC(=O)c2cc(NCCN(C)C)nc(C)n2)c(OC)c1. The molecule has 0 saturated carbocycles. The van der Waals surface area contributed by atoms with Crippen LogP contribution in [0.2, 0.25) is 0 Å². The zero-order valence-corrected chi connectivity index (χ0v) is 15.8. The Balaban J connectivity index is 2.15. The third-order valence-electron chi connectivity index (χ3n) is 3.59. The van der Waals surface area contributed by atoms with Crippen molar-refractivity contribution in [2.75, 3.05) is 52.0 Å². The van der Waals surface area contributed by atoms with E-state index in [9.17, 15) is 4.79 Å². The topological polar surface area (TPSA) is 88.6 Å². The molecule has 0 unspecified atom stereocenters. The van der Waals surface area contributed by atoms with Crippen LogP contribution in [-0.2, 0) is 0 Å². The van der Waals surface area contributed by atoms with Gasteiger partial charge in [0.15, 0.2) is 0 Å². The number of ether oxygens (including phenoxy) is 2. The number of hydrogen-bond acceptors (Lipinski definition) is 7. The van der Waals surface area contributed by atoms with E-state index in [4.69, 9.17) is 9.47 Å². The summed E-state index contributed by atoms with van der Waals surface area (Å²) in [4.78, 5) is 23.2. The van der Waals surface area contributed by atoms with Gasteiger partial charge in [-0.15, -0.1) is 0 Å². The Morgan fingerprint density at radius 1 is 1.15 bits per heavy atom. The van der Waals surface area contributed by atoms with Crippen LogP contribution in [0, 0.1) is 6.92 Å². The van der Waals surface area contributed by atoms with Crippen LogP contribution in [0.4, 0.5) is 11.5 Å². The number of likely N-dealkylation sites (N-methyl/N-ethyl adjacent to an activating group) is 1. The van der Waals surface area contributed by atoms with Crippen LogP contribution < -0.4 is 20.1 Å². The lowest BCUT2D eigenvalue weighted by Crippen LogP contribution is -2.22. The third kappa shape index (κ3) is 5.32. The number of benzene rings is 1. The van der Waals surface area contributed by atoms with Gasteiger partial charge in [-0.1, -0.05) is 0 Å². The average molecular weight is 359 g/mol. The molecule has 2 rings (SSSR count). The predicted octanol–water partition coefficient (Wildman–Crippen LogP) is 2.03. The summed E-state index contributed by atoms with van der Waals surface area (Å²) in [5, 5.41) is 6.01. The van der Waals surface area contributed by atoms with Crippen molar-refractivity contribution in [3.8, 4) is 11.5 Å². The molecule has 2 aromatic rings. The summed E-state index contributed by atoms with van der Waals surface area (Å²) in [6, 6.07) is 6.81. The molecule has 1 heterocycles. The predicted molar refractivity (Wildman–Crippen MR) is 101 cm³/mol. The molecule has 8 nitrogen and oxygen atoms in total. The smallest absolute Gasteiger partial charge is 0.274 e. The lowest BCUT2D eigenvalue weighted by molar-refractivity contribution is 0.102. The molecular weight excluding hydrogens is 334 g/mol. The van der Waals surface area contributed by atoms with Crippen LogP contribution in [0.15, 0.2) is 24.3 Å². The summed E-state index contributed by atoms with van der Waals surface area (Å²) in [6.07, 6.45) is 0. The number of methoxy groups -OCH3 is 2. The van der Waals surface area contributed by atoms with E-state index in [2.05, 4.69) is 25.5 Å². The summed E-state index contributed by atoms with van der Waals surface area (Å²) >= 11 is 0. The molecule has 0 aliphatic heterocycles. The number of anilines is 2. The first-order chi connectivity index (χ1) is 12.4. The van der Waals surface area contributed by atoms with Gasteiger partial charge in [0.2, 0.25) is 0 Å². The number of rotatable bonds is 8. The highest BCUT2D eigenvalue weighted by atomic mass is 16.5. The normalized spacial score (nSPS) is 10.5. The van der Waals surface area contributed by atoms with Gasteiger partial charge in [-0.3, -0.25) is 4.79 Å². The number of amides is 1. The third-order valence-corrected chi connectivity index (χ3v) is 3.59. The van der Waals surface area contributed by atoms with Gasteiger partial charge in [0.1, 0.15) is 28.8 Å². The monoisotopic (exact) mass is 359 g/mol. The second kappa shape index (κ2) is 9.00. The van der Waals surface area contributed by atoms with Gasteiger partial charge in [-0.25, -0.2) is 9.97 Å². The van der Waals surface area contributed by atoms with Gasteiger partial charge in [-0.05, 0) is 33.2 Å². The molecule has 0 bridgehead atoms. The molecular formula is C18H25N5O3. The van der Waals surface area contributed by atoms with Crippen molar-refractivity contribution in [1.82, 2.24) is 14.9 Å². The van der Waals surface area contributed by atoms with Gasteiger partial charge in [-0.2, -0.15) is 0 Å². The highest BCUT2D eigenvalue weighted by Gasteiger charge is 2.14. The van der Waals surface area contributed by atoms with Crippen LogP contribution >= 0.6 is 0 Å². The minimum Gasteiger partial charge on any atom is -0.497 e. The number of carbonyl (C=O) groups is 1. The second-order valence-electron chi connectivity index (χ2n) is 5.94. The van der Waals surface area contributed by atoms with Gasteiger partial charge in [0, 0.05) is 25.2 Å². The van der Waals surface area contributed by atoms with Crippen LogP contribution in [0.3, 0.4) is 0 Å². The number of carbonyl (C=O) groups excluding carboxylic acids is 1. The lowest BCUT2D eigenvalue weighted by atomic mass is 10.2. The van der Waals surface area contributed by atoms with Crippen molar-refractivity contribution in [2.45, 2.75) is 6.92 Å². The maximum atomic E-state index is 12.6. The van der Waals surface area contributed by atoms with Crippen LogP contribution in [0.25, 0.3) is 0 Å². The van der Waals surface area contributed by atoms with Gasteiger partial charge < -0.3 is 25.0 Å². The van der Waals surface area contributed by atoms with Crippen molar-refractivity contribution >= 4 is 17.4 Å². The van der Waals surface area contributed by atoms with Crippen LogP contribution in [0.1, 0.15) is 16.3 Å². The summed E-state index contributed by atoms with van der Waals surface area (Å²) in [7, 11) is 7.09. The molecule has 0 spiro atoms. The molecule has 0 radical (unpaired) electrons. The zero-order valence-electron chi connectivity index (χ0n) is 15.8. The molecule has 1 amide bonds. The number of aryl methyl sites for hydroxylation is 1. The highest BCUT2D eigenvalue weighted by Crippen LogP contribution is 2.29. The minimum atomic E-state index is -0.338. The van der Waals surface area contributed by atoms with Crippen molar-refractivity contribution in [3.63, 3.8) is 0 Å². The van der Waals surface area contributed by atoms with E-state index in [1.165, 1.54) is 7.11 Å².